The van der Waals surface area contributed by atoms with E-state index in [1.54, 1.807) is 38.5 Å². The largest absolute Gasteiger partial charge is 0.493 e. The second-order valence-corrected chi connectivity index (χ2v) is 8.00. The maximum atomic E-state index is 12.6. The topological polar surface area (TPSA) is 84.2 Å². The van der Waals surface area contributed by atoms with Crippen LogP contribution in [0, 0.1) is 0 Å². The molecule has 1 aliphatic heterocycles. The van der Waals surface area contributed by atoms with Gasteiger partial charge in [-0.05, 0) is 55.8 Å². The molecule has 166 valence electrons. The Morgan fingerprint density at radius 2 is 1.81 bits per heavy atom. The van der Waals surface area contributed by atoms with E-state index in [-0.39, 0.29) is 0 Å². The van der Waals surface area contributed by atoms with Gasteiger partial charge in [-0.15, -0.1) is 0 Å². The Balaban J connectivity index is 1.55. The van der Waals surface area contributed by atoms with E-state index in [2.05, 4.69) is 0 Å². The third kappa shape index (κ3) is 4.19. The zero-order chi connectivity index (χ0) is 22.9. The molecule has 4 rings (SSSR count). The van der Waals surface area contributed by atoms with Crippen molar-refractivity contribution < 1.29 is 28.2 Å². The van der Waals surface area contributed by atoms with E-state index in [9.17, 15) is 9.59 Å². The SMILES string of the molecule is COc1ccc(/C=C/C(=O)OC2Cc3c(ccc4ccc(=O)oc34)OC2(C)C)cc1OC. The number of hydrogen-bond donors (Lipinski definition) is 0. The second kappa shape index (κ2) is 8.42. The molecule has 32 heavy (non-hydrogen) atoms. The quantitative estimate of drug-likeness (QED) is 0.337. The van der Waals surface area contributed by atoms with Gasteiger partial charge in [0.2, 0.25) is 0 Å². The van der Waals surface area contributed by atoms with E-state index in [1.165, 1.54) is 12.1 Å². The number of carbonyl (C=O) groups is 1. The molecule has 1 aromatic heterocycles. The predicted molar refractivity (Wildman–Crippen MR) is 119 cm³/mol. The summed E-state index contributed by atoms with van der Waals surface area (Å²) in [5.74, 6) is 1.28. The summed E-state index contributed by atoms with van der Waals surface area (Å²) < 4.78 is 27.8. The summed E-state index contributed by atoms with van der Waals surface area (Å²) in [6, 6.07) is 12.1. The Kier molecular flexibility index (Phi) is 5.65. The number of fused-ring (bicyclic) bond motifs is 3. The highest BCUT2D eigenvalue weighted by Crippen LogP contribution is 2.38. The lowest BCUT2D eigenvalue weighted by Crippen LogP contribution is -2.48. The smallest absolute Gasteiger partial charge is 0.336 e. The van der Waals surface area contributed by atoms with Crippen LogP contribution in [0.2, 0.25) is 0 Å². The first kappa shape index (κ1) is 21.5. The van der Waals surface area contributed by atoms with Crippen LogP contribution < -0.4 is 19.8 Å². The maximum absolute atomic E-state index is 12.6. The minimum absolute atomic E-state index is 0.364. The fourth-order valence-corrected chi connectivity index (χ4v) is 3.73. The molecule has 1 unspecified atom stereocenters. The Hall–Kier alpha value is -3.74. The van der Waals surface area contributed by atoms with Crippen molar-refractivity contribution in [1.29, 1.82) is 0 Å². The van der Waals surface area contributed by atoms with E-state index >= 15 is 0 Å². The molecule has 0 N–H and O–H groups in total. The third-order valence-electron chi connectivity index (χ3n) is 5.47. The normalized spacial score (nSPS) is 16.9. The summed E-state index contributed by atoms with van der Waals surface area (Å²) in [6.07, 6.45) is 2.79. The van der Waals surface area contributed by atoms with Gasteiger partial charge in [0.15, 0.2) is 11.5 Å². The first-order valence-corrected chi connectivity index (χ1v) is 10.2. The molecule has 3 aromatic rings. The van der Waals surface area contributed by atoms with Gasteiger partial charge in [0, 0.05) is 29.5 Å². The summed E-state index contributed by atoms with van der Waals surface area (Å²) in [7, 11) is 3.11. The molecule has 0 amide bonds. The van der Waals surface area contributed by atoms with Gasteiger partial charge in [-0.3, -0.25) is 0 Å². The van der Waals surface area contributed by atoms with Crippen LogP contribution in [0.15, 0.2) is 57.8 Å². The molecule has 0 saturated heterocycles. The minimum Gasteiger partial charge on any atom is -0.493 e. The molecule has 0 bridgehead atoms. The first-order valence-electron chi connectivity index (χ1n) is 10.2. The molecule has 7 nitrogen and oxygen atoms in total. The molecule has 0 radical (unpaired) electrons. The van der Waals surface area contributed by atoms with Crippen molar-refractivity contribution in [2.75, 3.05) is 14.2 Å². The zero-order valence-electron chi connectivity index (χ0n) is 18.3. The highest BCUT2D eigenvalue weighted by atomic mass is 16.6. The molecule has 1 aliphatic rings. The van der Waals surface area contributed by atoms with E-state index in [0.717, 1.165) is 10.9 Å². The number of benzene rings is 2. The van der Waals surface area contributed by atoms with Crippen molar-refractivity contribution in [1.82, 2.24) is 0 Å². The summed E-state index contributed by atoms with van der Waals surface area (Å²) in [6.45, 7) is 3.72. The first-order chi connectivity index (χ1) is 15.3. The highest BCUT2D eigenvalue weighted by molar-refractivity contribution is 5.87. The van der Waals surface area contributed by atoms with Crippen LogP contribution in [0.1, 0.15) is 25.0 Å². The van der Waals surface area contributed by atoms with Crippen LogP contribution in [0.5, 0.6) is 17.2 Å². The second-order valence-electron chi connectivity index (χ2n) is 8.00. The minimum atomic E-state index is -0.761. The van der Waals surface area contributed by atoms with Crippen LogP contribution in [-0.4, -0.2) is 31.9 Å². The molecular formula is C25H24O7. The summed E-state index contributed by atoms with van der Waals surface area (Å²) in [5.41, 5.74) is 0.718. The fourth-order valence-electron chi connectivity index (χ4n) is 3.73. The Labute approximate surface area is 185 Å². The van der Waals surface area contributed by atoms with E-state index in [4.69, 9.17) is 23.4 Å². The fraction of sp³-hybridized carbons (Fsp3) is 0.280. The molecule has 1 atom stereocenters. The van der Waals surface area contributed by atoms with Gasteiger partial charge in [0.05, 0.1) is 14.2 Å². The van der Waals surface area contributed by atoms with Gasteiger partial charge in [-0.25, -0.2) is 9.59 Å². The molecule has 2 aromatic carbocycles. The molecule has 0 fully saturated rings. The van der Waals surface area contributed by atoms with Crippen molar-refractivity contribution in [3.05, 3.63) is 70.1 Å². The molecular weight excluding hydrogens is 412 g/mol. The average Bonchev–Trinajstić information content (AvgIpc) is 2.77. The standard InChI is InChI=1S/C25H24O7/c1-25(2)21(14-17-18(32-25)10-7-16-8-12-23(27)31-24(16)17)30-22(26)11-6-15-5-9-19(28-3)20(13-15)29-4/h5-13,21H,14H2,1-4H3/b11-6+. The van der Waals surface area contributed by atoms with E-state index < -0.39 is 23.3 Å². The molecule has 0 spiro atoms. The highest BCUT2D eigenvalue weighted by Gasteiger charge is 2.40. The van der Waals surface area contributed by atoms with Crippen LogP contribution in [-0.2, 0) is 16.0 Å². The Bertz CT molecular complexity index is 1250. The van der Waals surface area contributed by atoms with Gasteiger partial charge in [-0.1, -0.05) is 6.07 Å². The summed E-state index contributed by atoms with van der Waals surface area (Å²) in [4.78, 5) is 24.3. The average molecular weight is 436 g/mol. The molecule has 0 saturated carbocycles. The number of ether oxygens (including phenoxy) is 4. The summed E-state index contributed by atoms with van der Waals surface area (Å²) in [5, 5.41) is 0.782. The Morgan fingerprint density at radius 3 is 2.56 bits per heavy atom. The number of hydrogen-bond acceptors (Lipinski definition) is 7. The van der Waals surface area contributed by atoms with Crippen LogP contribution in [0.25, 0.3) is 17.0 Å². The lowest BCUT2D eigenvalue weighted by molar-refractivity contribution is -0.155. The predicted octanol–water partition coefficient (Wildman–Crippen LogP) is 4.15. The van der Waals surface area contributed by atoms with E-state index in [0.29, 0.717) is 34.8 Å². The van der Waals surface area contributed by atoms with Gasteiger partial charge in [-0.2, -0.15) is 0 Å². The van der Waals surface area contributed by atoms with Gasteiger partial charge in [0.1, 0.15) is 23.0 Å². The number of rotatable bonds is 5. The number of carbonyl (C=O) groups excluding carboxylic acids is 1. The van der Waals surface area contributed by atoms with Gasteiger partial charge in [0.25, 0.3) is 0 Å². The third-order valence-corrected chi connectivity index (χ3v) is 5.47. The zero-order valence-corrected chi connectivity index (χ0v) is 18.3. The summed E-state index contributed by atoms with van der Waals surface area (Å²) >= 11 is 0. The van der Waals surface area contributed by atoms with Crippen molar-refractivity contribution in [3.63, 3.8) is 0 Å². The number of esters is 1. The van der Waals surface area contributed by atoms with Crippen LogP contribution in [0.4, 0.5) is 0 Å². The van der Waals surface area contributed by atoms with E-state index in [1.807, 2.05) is 32.0 Å². The monoisotopic (exact) mass is 436 g/mol. The molecule has 2 heterocycles. The van der Waals surface area contributed by atoms with Crippen molar-refractivity contribution >= 4 is 23.0 Å². The molecule has 7 heteroatoms. The lowest BCUT2D eigenvalue weighted by atomic mass is 9.90. The maximum Gasteiger partial charge on any atom is 0.336 e. The lowest BCUT2D eigenvalue weighted by Gasteiger charge is -2.39. The van der Waals surface area contributed by atoms with Gasteiger partial charge < -0.3 is 23.4 Å². The van der Waals surface area contributed by atoms with Crippen molar-refractivity contribution in [2.45, 2.75) is 32.0 Å². The Morgan fingerprint density at radius 1 is 1.06 bits per heavy atom. The molecule has 0 aliphatic carbocycles. The van der Waals surface area contributed by atoms with Crippen LogP contribution >= 0.6 is 0 Å². The number of methoxy groups -OCH3 is 2. The van der Waals surface area contributed by atoms with Crippen molar-refractivity contribution in [2.24, 2.45) is 0 Å². The van der Waals surface area contributed by atoms with Gasteiger partial charge >= 0.3 is 11.6 Å². The van der Waals surface area contributed by atoms with Crippen LogP contribution in [0.3, 0.4) is 0 Å². The van der Waals surface area contributed by atoms with Crippen molar-refractivity contribution in [3.8, 4) is 17.2 Å².